The van der Waals surface area contributed by atoms with Crippen LogP contribution in [0, 0.1) is 26.1 Å². The van der Waals surface area contributed by atoms with Crippen LogP contribution in [0.5, 0.6) is 0 Å². The lowest BCUT2D eigenvalue weighted by Gasteiger charge is -2.38. The first kappa shape index (κ1) is 24.1. The van der Waals surface area contributed by atoms with Crippen LogP contribution in [0.2, 0.25) is 0 Å². The third-order valence-corrected chi connectivity index (χ3v) is 8.97. The van der Waals surface area contributed by atoms with Gasteiger partial charge >= 0.3 is 5.97 Å². The molecule has 9 nitrogen and oxygen atoms in total. The van der Waals surface area contributed by atoms with E-state index >= 15 is 0 Å². The van der Waals surface area contributed by atoms with E-state index in [1.54, 1.807) is 36.4 Å². The smallest absolute Gasteiger partial charge is 0.337 e. The minimum absolute atomic E-state index is 0.00293. The molecular weight excluding hydrogens is 506 g/mol. The monoisotopic (exact) mass is 525 g/mol. The molecule has 0 bridgehead atoms. The third kappa shape index (κ3) is 4.16. The highest BCUT2D eigenvalue weighted by Gasteiger charge is 2.51. The molecular formula is C25H20ClN3O6S. The average Bonchev–Trinajstić information content (AvgIpc) is 3.19. The number of hydrogen-bond donors (Lipinski definition) is 2. The number of carbonyl (C=O) groups is 1. The second-order valence-corrected chi connectivity index (χ2v) is 10.6. The summed E-state index contributed by atoms with van der Waals surface area (Å²) in [6, 6.07) is 17.4. The van der Waals surface area contributed by atoms with Crippen LogP contribution in [0.4, 0.5) is 17.1 Å². The maximum absolute atomic E-state index is 12.0. The van der Waals surface area contributed by atoms with E-state index < -0.39 is 27.2 Å². The molecule has 3 aromatic carbocycles. The Morgan fingerprint density at radius 3 is 2.50 bits per heavy atom. The molecule has 2 aliphatic rings. The largest absolute Gasteiger partial charge is 0.478 e. The van der Waals surface area contributed by atoms with Crippen LogP contribution >= 0.6 is 23.4 Å². The number of anilines is 1. The van der Waals surface area contributed by atoms with Crippen molar-refractivity contribution in [3.63, 3.8) is 0 Å². The molecule has 184 valence electrons. The van der Waals surface area contributed by atoms with Crippen LogP contribution in [-0.4, -0.2) is 31.5 Å². The molecule has 0 aromatic heterocycles. The van der Waals surface area contributed by atoms with Crippen molar-refractivity contribution >= 4 is 46.4 Å². The van der Waals surface area contributed by atoms with Gasteiger partial charge < -0.3 is 10.4 Å². The lowest BCUT2D eigenvalue weighted by atomic mass is 9.76. The van der Waals surface area contributed by atoms with E-state index in [0.29, 0.717) is 22.6 Å². The molecule has 0 saturated heterocycles. The van der Waals surface area contributed by atoms with Gasteiger partial charge in [0.1, 0.15) is 0 Å². The van der Waals surface area contributed by atoms with Crippen LogP contribution in [0.15, 0.2) is 71.6 Å². The standard InChI is InChI=1S/C25H20ClN3O6S/c26-22-20(36-19-10-2-1-9-18(19)29(34)35)12-17-21(22)15-7-4-8-16(25(30)31)24(15)27-23(17)13-5-3-6-14(11-13)28(32)33/h1-11,17,20-23,27H,12H2,(H,30,31)/t17-,20-,21+,22-,23+/m1/s1. The average molecular weight is 526 g/mol. The predicted octanol–water partition coefficient (Wildman–Crippen LogP) is 6.24. The molecule has 0 unspecified atom stereocenters. The van der Waals surface area contributed by atoms with Gasteiger partial charge in [0.25, 0.3) is 11.4 Å². The molecule has 1 heterocycles. The van der Waals surface area contributed by atoms with Gasteiger partial charge in [-0.3, -0.25) is 20.2 Å². The Labute approximate surface area is 214 Å². The van der Waals surface area contributed by atoms with Gasteiger partial charge in [-0.1, -0.05) is 36.4 Å². The highest BCUT2D eigenvalue weighted by molar-refractivity contribution is 8.00. The number of thioether (sulfide) groups is 1. The molecule has 36 heavy (non-hydrogen) atoms. The van der Waals surface area contributed by atoms with Crippen molar-refractivity contribution in [1.82, 2.24) is 0 Å². The summed E-state index contributed by atoms with van der Waals surface area (Å²) in [5, 5.41) is 35.5. The van der Waals surface area contributed by atoms with Crippen LogP contribution in [0.25, 0.3) is 0 Å². The Bertz CT molecular complexity index is 1390. The number of nitrogens with zero attached hydrogens (tertiary/aromatic N) is 2. The van der Waals surface area contributed by atoms with E-state index in [1.165, 1.54) is 36.0 Å². The van der Waals surface area contributed by atoms with Gasteiger partial charge in [0.15, 0.2) is 0 Å². The summed E-state index contributed by atoms with van der Waals surface area (Å²) in [5.41, 5.74) is 1.92. The Hall–Kier alpha value is -3.63. The van der Waals surface area contributed by atoms with Crippen LogP contribution in [0.1, 0.15) is 39.9 Å². The highest BCUT2D eigenvalue weighted by atomic mass is 35.5. The van der Waals surface area contributed by atoms with Crippen molar-refractivity contribution in [2.45, 2.75) is 33.9 Å². The Morgan fingerprint density at radius 2 is 1.78 bits per heavy atom. The zero-order chi connectivity index (χ0) is 25.6. The molecule has 1 aliphatic carbocycles. The number of halogens is 1. The number of para-hydroxylation sites is 2. The Morgan fingerprint density at radius 1 is 1.03 bits per heavy atom. The Kier molecular flexibility index (Phi) is 6.31. The van der Waals surface area contributed by atoms with Gasteiger partial charge in [-0.15, -0.1) is 23.4 Å². The summed E-state index contributed by atoms with van der Waals surface area (Å²) in [6.07, 6.45) is 0.576. The number of carboxylic acid groups (broad SMARTS) is 1. The van der Waals surface area contributed by atoms with Gasteiger partial charge in [-0.05, 0) is 35.6 Å². The maximum atomic E-state index is 12.0. The number of carboxylic acids is 1. The number of aromatic carboxylic acids is 1. The highest BCUT2D eigenvalue weighted by Crippen LogP contribution is 2.58. The number of alkyl halides is 1. The van der Waals surface area contributed by atoms with Gasteiger partial charge in [-0.25, -0.2) is 4.79 Å². The fourth-order valence-corrected chi connectivity index (χ4v) is 7.30. The molecule has 0 amide bonds. The van der Waals surface area contributed by atoms with Gasteiger partial charge in [0.2, 0.25) is 0 Å². The molecule has 5 rings (SSSR count). The number of nitrogens with one attached hydrogen (secondary N) is 1. The first-order valence-electron chi connectivity index (χ1n) is 11.2. The SMILES string of the molecule is O=C(O)c1cccc2c1N[C@@H](c1cccc([N+](=O)[O-])c1)[C@@H]1C[C@@H](Sc3ccccc3[N+](=O)[O-])[C@@H](Cl)[C@@H]21. The number of nitro groups is 2. The van der Waals surface area contributed by atoms with Crippen LogP contribution in [-0.2, 0) is 0 Å². The predicted molar refractivity (Wildman–Crippen MR) is 136 cm³/mol. The molecule has 0 spiro atoms. The number of non-ortho nitro benzene ring substituents is 1. The van der Waals surface area contributed by atoms with Crippen LogP contribution < -0.4 is 5.32 Å². The van der Waals surface area contributed by atoms with Gasteiger partial charge in [0.05, 0.1) is 37.4 Å². The number of hydrogen-bond acceptors (Lipinski definition) is 7. The summed E-state index contributed by atoms with van der Waals surface area (Å²) in [5.74, 6) is -1.47. The third-order valence-electron chi connectivity index (χ3n) is 6.86. The molecule has 0 radical (unpaired) electrons. The summed E-state index contributed by atoms with van der Waals surface area (Å²) in [6.45, 7) is 0. The van der Waals surface area contributed by atoms with Crippen molar-refractivity contribution < 1.29 is 19.7 Å². The van der Waals surface area contributed by atoms with Crippen molar-refractivity contribution in [2.75, 3.05) is 5.32 Å². The first-order chi connectivity index (χ1) is 17.3. The topological polar surface area (TPSA) is 136 Å². The number of nitro benzene ring substituents is 2. The van der Waals surface area contributed by atoms with Crippen molar-refractivity contribution in [3.05, 3.63) is 104 Å². The number of rotatable bonds is 6. The summed E-state index contributed by atoms with van der Waals surface area (Å²) in [4.78, 5) is 34.6. The normalized spacial score (nSPS) is 24.3. The minimum atomic E-state index is -1.09. The zero-order valence-corrected chi connectivity index (χ0v) is 20.2. The van der Waals surface area contributed by atoms with E-state index in [4.69, 9.17) is 11.6 Å². The maximum Gasteiger partial charge on any atom is 0.337 e. The molecule has 3 aromatic rings. The lowest BCUT2D eigenvalue weighted by Crippen LogP contribution is -2.32. The fraction of sp³-hybridized carbons (Fsp3) is 0.240. The second kappa shape index (κ2) is 9.44. The van der Waals surface area contributed by atoms with E-state index in [2.05, 4.69) is 5.32 Å². The molecule has 1 fully saturated rings. The lowest BCUT2D eigenvalue weighted by molar-refractivity contribution is -0.387. The molecule has 1 saturated carbocycles. The second-order valence-electron chi connectivity index (χ2n) is 8.80. The van der Waals surface area contributed by atoms with E-state index in [1.807, 2.05) is 6.07 Å². The van der Waals surface area contributed by atoms with Gasteiger partial charge in [-0.2, -0.15) is 0 Å². The zero-order valence-electron chi connectivity index (χ0n) is 18.6. The van der Waals surface area contributed by atoms with E-state index in [-0.39, 0.29) is 34.0 Å². The molecule has 2 N–H and O–H groups in total. The molecule has 11 heteroatoms. The van der Waals surface area contributed by atoms with Crippen molar-refractivity contribution in [3.8, 4) is 0 Å². The van der Waals surface area contributed by atoms with Crippen molar-refractivity contribution in [1.29, 1.82) is 0 Å². The van der Waals surface area contributed by atoms with Crippen LogP contribution in [0.3, 0.4) is 0 Å². The van der Waals surface area contributed by atoms with Crippen molar-refractivity contribution in [2.24, 2.45) is 5.92 Å². The van der Waals surface area contributed by atoms with E-state index in [0.717, 1.165) is 5.56 Å². The first-order valence-corrected chi connectivity index (χ1v) is 12.5. The molecule has 1 aliphatic heterocycles. The number of fused-ring (bicyclic) bond motifs is 3. The Balaban J connectivity index is 1.59. The minimum Gasteiger partial charge on any atom is -0.478 e. The quantitative estimate of drug-likeness (QED) is 0.219. The van der Waals surface area contributed by atoms with Gasteiger partial charge in [0, 0.05) is 29.4 Å². The summed E-state index contributed by atoms with van der Waals surface area (Å²) < 4.78 is 0. The fourth-order valence-electron chi connectivity index (χ4n) is 5.35. The van der Waals surface area contributed by atoms with E-state index in [9.17, 15) is 30.1 Å². The molecule has 5 atom stereocenters. The number of benzene rings is 3. The summed E-state index contributed by atoms with van der Waals surface area (Å²) >= 11 is 8.40. The summed E-state index contributed by atoms with van der Waals surface area (Å²) in [7, 11) is 0.